The van der Waals surface area contributed by atoms with E-state index in [4.69, 9.17) is 14.2 Å². The third kappa shape index (κ3) is 6.05. The summed E-state index contributed by atoms with van der Waals surface area (Å²) in [4.78, 5) is 12.8. The number of carbonyl (C=O) groups is 1. The van der Waals surface area contributed by atoms with E-state index >= 15 is 0 Å². The first kappa shape index (κ1) is 24.4. The van der Waals surface area contributed by atoms with Crippen LogP contribution in [-0.2, 0) is 10.0 Å². The van der Waals surface area contributed by atoms with Crippen LogP contribution in [0.5, 0.6) is 17.2 Å². The highest BCUT2D eigenvalue weighted by molar-refractivity contribution is 7.92. The van der Waals surface area contributed by atoms with Crippen molar-refractivity contribution >= 4 is 21.6 Å². The predicted octanol–water partition coefficient (Wildman–Crippen LogP) is 4.54. The van der Waals surface area contributed by atoms with Crippen molar-refractivity contribution in [2.45, 2.75) is 37.8 Å². The van der Waals surface area contributed by atoms with Crippen LogP contribution in [0.25, 0.3) is 0 Å². The molecule has 1 amide bonds. The number of ether oxygens (including phenoxy) is 3. The summed E-state index contributed by atoms with van der Waals surface area (Å²) in [6.07, 6.45) is 0.0562. The molecule has 1 heterocycles. The Morgan fingerprint density at radius 2 is 1.63 bits per heavy atom. The van der Waals surface area contributed by atoms with Crippen LogP contribution in [0.15, 0.2) is 71.6 Å². The molecule has 0 saturated carbocycles. The Labute approximate surface area is 205 Å². The Morgan fingerprint density at radius 3 is 2.34 bits per heavy atom. The van der Waals surface area contributed by atoms with Gasteiger partial charge in [-0.15, -0.1) is 0 Å². The number of carbonyl (C=O) groups excluding carboxylic acids is 1. The van der Waals surface area contributed by atoms with Gasteiger partial charge in [-0.3, -0.25) is 9.52 Å². The van der Waals surface area contributed by atoms with Crippen LogP contribution in [0.1, 0.15) is 42.7 Å². The first-order valence-corrected chi connectivity index (χ1v) is 12.8. The van der Waals surface area contributed by atoms with Gasteiger partial charge in [0, 0.05) is 17.3 Å². The fraction of sp³-hybridized carbons (Fsp3) is 0.269. The quantitative estimate of drug-likeness (QED) is 0.475. The number of fused-ring (bicyclic) bond motifs is 1. The largest absolute Gasteiger partial charge is 0.491 e. The van der Waals surface area contributed by atoms with E-state index in [0.29, 0.717) is 36.0 Å². The maximum atomic E-state index is 12.8. The summed E-state index contributed by atoms with van der Waals surface area (Å²) < 4.78 is 44.8. The SMILES string of the molecule is CC(C)Oc1cccc(C(C)NC(=O)c2ccc(NS(=O)(=O)c3ccc4c(c3)OCCO4)cc2)c1. The van der Waals surface area contributed by atoms with Crippen LogP contribution in [0.3, 0.4) is 0 Å². The van der Waals surface area contributed by atoms with Crippen molar-refractivity contribution in [3.63, 3.8) is 0 Å². The molecule has 0 fully saturated rings. The van der Waals surface area contributed by atoms with Crippen LogP contribution >= 0.6 is 0 Å². The highest BCUT2D eigenvalue weighted by Crippen LogP contribution is 2.32. The van der Waals surface area contributed by atoms with E-state index < -0.39 is 10.0 Å². The van der Waals surface area contributed by atoms with Crippen LogP contribution in [0.2, 0.25) is 0 Å². The molecule has 9 heteroatoms. The zero-order valence-corrected chi connectivity index (χ0v) is 20.6. The number of hydrogen-bond acceptors (Lipinski definition) is 6. The average Bonchev–Trinajstić information content (AvgIpc) is 2.83. The number of anilines is 1. The van der Waals surface area contributed by atoms with E-state index in [1.165, 1.54) is 12.1 Å². The Bertz CT molecular complexity index is 1310. The van der Waals surface area contributed by atoms with Gasteiger partial charge in [0.2, 0.25) is 0 Å². The van der Waals surface area contributed by atoms with Crippen molar-refractivity contribution in [2.75, 3.05) is 17.9 Å². The molecule has 1 aliphatic heterocycles. The molecule has 0 saturated heterocycles. The smallest absolute Gasteiger partial charge is 0.262 e. The van der Waals surface area contributed by atoms with E-state index in [1.807, 2.05) is 45.0 Å². The molecule has 8 nitrogen and oxygen atoms in total. The van der Waals surface area contributed by atoms with Crippen molar-refractivity contribution in [2.24, 2.45) is 0 Å². The molecule has 2 N–H and O–H groups in total. The van der Waals surface area contributed by atoms with Crippen molar-refractivity contribution in [3.05, 3.63) is 77.9 Å². The summed E-state index contributed by atoms with van der Waals surface area (Å²) >= 11 is 0. The lowest BCUT2D eigenvalue weighted by atomic mass is 10.1. The number of sulfonamides is 1. The van der Waals surface area contributed by atoms with E-state index in [9.17, 15) is 13.2 Å². The van der Waals surface area contributed by atoms with E-state index in [0.717, 1.165) is 11.3 Å². The minimum absolute atomic E-state index is 0.0562. The lowest BCUT2D eigenvalue weighted by molar-refractivity contribution is 0.0939. The van der Waals surface area contributed by atoms with E-state index in [1.54, 1.807) is 30.3 Å². The lowest BCUT2D eigenvalue weighted by Gasteiger charge is -2.19. The monoisotopic (exact) mass is 496 g/mol. The number of hydrogen-bond donors (Lipinski definition) is 2. The third-order valence-corrected chi connectivity index (χ3v) is 6.68. The summed E-state index contributed by atoms with van der Waals surface area (Å²) in [5.74, 6) is 1.38. The number of rotatable bonds is 8. The molecule has 0 radical (unpaired) electrons. The molecule has 184 valence electrons. The molecule has 0 bridgehead atoms. The molecule has 0 aliphatic carbocycles. The maximum absolute atomic E-state index is 12.8. The zero-order chi connectivity index (χ0) is 25.0. The molecule has 3 aromatic carbocycles. The van der Waals surface area contributed by atoms with Gasteiger partial charge in [-0.05, 0) is 74.9 Å². The van der Waals surface area contributed by atoms with Gasteiger partial charge in [-0.2, -0.15) is 0 Å². The number of amides is 1. The zero-order valence-electron chi connectivity index (χ0n) is 19.8. The highest BCUT2D eigenvalue weighted by Gasteiger charge is 2.20. The van der Waals surface area contributed by atoms with Crippen LogP contribution in [0.4, 0.5) is 5.69 Å². The van der Waals surface area contributed by atoms with Crippen molar-refractivity contribution in [3.8, 4) is 17.2 Å². The second kappa shape index (κ2) is 10.3. The molecule has 1 aliphatic rings. The van der Waals surface area contributed by atoms with E-state index in [-0.39, 0.29) is 22.9 Å². The molecular weight excluding hydrogens is 468 g/mol. The summed E-state index contributed by atoms with van der Waals surface area (Å²) in [7, 11) is -3.85. The summed E-state index contributed by atoms with van der Waals surface area (Å²) in [6.45, 7) is 6.59. The Hall–Kier alpha value is -3.72. The molecule has 4 rings (SSSR count). The van der Waals surface area contributed by atoms with Gasteiger partial charge in [-0.1, -0.05) is 12.1 Å². The molecule has 35 heavy (non-hydrogen) atoms. The summed E-state index contributed by atoms with van der Waals surface area (Å²) in [6, 6.07) is 18.0. The third-order valence-electron chi connectivity index (χ3n) is 5.30. The predicted molar refractivity (Wildman–Crippen MR) is 133 cm³/mol. The first-order valence-electron chi connectivity index (χ1n) is 11.3. The fourth-order valence-corrected chi connectivity index (χ4v) is 4.66. The second-order valence-corrected chi connectivity index (χ2v) is 10.1. The van der Waals surface area contributed by atoms with Gasteiger partial charge in [0.05, 0.1) is 17.0 Å². The van der Waals surface area contributed by atoms with E-state index in [2.05, 4.69) is 10.0 Å². The molecule has 0 spiro atoms. The first-order chi connectivity index (χ1) is 16.7. The Balaban J connectivity index is 1.41. The average molecular weight is 497 g/mol. The molecule has 1 atom stereocenters. The van der Waals surface area contributed by atoms with Crippen molar-refractivity contribution in [1.29, 1.82) is 0 Å². The van der Waals surface area contributed by atoms with Gasteiger partial charge < -0.3 is 19.5 Å². The van der Waals surface area contributed by atoms with Gasteiger partial charge in [0.1, 0.15) is 19.0 Å². The van der Waals surface area contributed by atoms with Gasteiger partial charge >= 0.3 is 0 Å². The Morgan fingerprint density at radius 1 is 0.914 bits per heavy atom. The second-order valence-electron chi connectivity index (χ2n) is 8.42. The number of benzene rings is 3. The summed E-state index contributed by atoms with van der Waals surface area (Å²) in [5.41, 5.74) is 1.66. The van der Waals surface area contributed by atoms with Crippen LogP contribution < -0.4 is 24.2 Å². The molecule has 0 aromatic heterocycles. The van der Waals surface area contributed by atoms with Gasteiger partial charge in [-0.25, -0.2) is 8.42 Å². The van der Waals surface area contributed by atoms with Crippen molar-refractivity contribution in [1.82, 2.24) is 5.32 Å². The minimum Gasteiger partial charge on any atom is -0.491 e. The van der Waals surface area contributed by atoms with Crippen LogP contribution in [0, 0.1) is 0 Å². The van der Waals surface area contributed by atoms with Gasteiger partial charge in [0.15, 0.2) is 11.5 Å². The Kier molecular flexibility index (Phi) is 7.16. The van der Waals surface area contributed by atoms with Gasteiger partial charge in [0.25, 0.3) is 15.9 Å². The molecular formula is C26H28N2O6S. The minimum atomic E-state index is -3.85. The summed E-state index contributed by atoms with van der Waals surface area (Å²) in [5, 5.41) is 2.96. The molecule has 3 aromatic rings. The number of nitrogens with one attached hydrogen (secondary N) is 2. The lowest BCUT2D eigenvalue weighted by Crippen LogP contribution is -2.26. The standard InChI is InChI=1S/C26H28N2O6S/c1-17(2)34-22-6-4-5-20(15-22)18(3)27-26(29)19-7-9-21(10-8-19)28-35(30,31)23-11-12-24-25(16-23)33-14-13-32-24/h4-12,15-18,28H,13-14H2,1-3H3,(H,27,29). The van der Waals surface area contributed by atoms with Crippen molar-refractivity contribution < 1.29 is 27.4 Å². The highest BCUT2D eigenvalue weighted by atomic mass is 32.2. The molecule has 1 unspecified atom stereocenters. The topological polar surface area (TPSA) is 103 Å². The fourth-order valence-electron chi connectivity index (χ4n) is 3.59. The normalized spacial score (nSPS) is 13.7. The van der Waals surface area contributed by atoms with Crippen LogP contribution in [-0.4, -0.2) is 33.6 Å². The maximum Gasteiger partial charge on any atom is 0.262 e.